The molecule has 0 aliphatic carbocycles. The first-order chi connectivity index (χ1) is 13.6. The number of aromatic nitrogens is 2. The molecular formula is C21H26N4O3S. The number of H-pyrrole nitrogens is 1. The van der Waals surface area contributed by atoms with Gasteiger partial charge in [-0.25, -0.2) is 18.1 Å². The van der Waals surface area contributed by atoms with Crippen molar-refractivity contribution >= 4 is 27.0 Å². The Morgan fingerprint density at radius 3 is 2.45 bits per heavy atom. The van der Waals surface area contributed by atoms with Crippen molar-refractivity contribution in [1.29, 1.82) is 0 Å². The van der Waals surface area contributed by atoms with Crippen LogP contribution < -0.4 is 10.0 Å². The van der Waals surface area contributed by atoms with Gasteiger partial charge in [0.15, 0.2) is 0 Å². The standard InChI is InChI=1S/C21H26N4O3S/c1-12(2)19(20-23-16-8-6-7-9-17(16)24-20)25-21(26)15-10-13(3)14(4)18(11-15)29(27,28)22-5/h6-12,19,22H,1-5H3,(H,23,24)(H,25,26). The first-order valence-corrected chi connectivity index (χ1v) is 10.9. The molecule has 0 saturated carbocycles. The van der Waals surface area contributed by atoms with E-state index < -0.39 is 10.0 Å². The molecule has 1 atom stereocenters. The Bertz CT molecular complexity index is 1130. The van der Waals surface area contributed by atoms with Crippen LogP contribution in [-0.2, 0) is 10.0 Å². The van der Waals surface area contributed by atoms with Crippen molar-refractivity contribution in [1.82, 2.24) is 20.0 Å². The number of nitrogens with one attached hydrogen (secondary N) is 3. The number of carbonyl (C=O) groups excluding carboxylic acids is 1. The average Bonchev–Trinajstić information content (AvgIpc) is 3.11. The highest BCUT2D eigenvalue weighted by Crippen LogP contribution is 2.25. The molecule has 0 saturated heterocycles. The lowest BCUT2D eigenvalue weighted by atomic mass is 10.0. The number of para-hydroxylation sites is 2. The summed E-state index contributed by atoms with van der Waals surface area (Å²) in [6.07, 6.45) is 0. The molecule has 2 aromatic carbocycles. The predicted molar refractivity (Wildman–Crippen MR) is 113 cm³/mol. The van der Waals surface area contributed by atoms with Gasteiger partial charge in [-0.1, -0.05) is 26.0 Å². The summed E-state index contributed by atoms with van der Waals surface area (Å²) in [5.74, 6) is 0.396. The zero-order chi connectivity index (χ0) is 21.3. The molecule has 1 heterocycles. The molecule has 29 heavy (non-hydrogen) atoms. The van der Waals surface area contributed by atoms with Gasteiger partial charge in [0.2, 0.25) is 10.0 Å². The highest BCUT2D eigenvalue weighted by Gasteiger charge is 2.24. The summed E-state index contributed by atoms with van der Waals surface area (Å²) in [5.41, 5.74) is 3.38. The summed E-state index contributed by atoms with van der Waals surface area (Å²) in [6.45, 7) is 7.51. The van der Waals surface area contributed by atoms with Crippen molar-refractivity contribution in [2.75, 3.05) is 7.05 Å². The Hall–Kier alpha value is -2.71. The van der Waals surface area contributed by atoms with Gasteiger partial charge >= 0.3 is 0 Å². The van der Waals surface area contributed by atoms with Gasteiger partial charge in [-0.15, -0.1) is 0 Å². The van der Waals surface area contributed by atoms with Gasteiger partial charge in [0, 0.05) is 5.56 Å². The normalized spacial score (nSPS) is 13.0. The second-order valence-electron chi connectivity index (χ2n) is 7.46. The number of carbonyl (C=O) groups is 1. The van der Waals surface area contributed by atoms with Crippen LogP contribution >= 0.6 is 0 Å². The summed E-state index contributed by atoms with van der Waals surface area (Å²) in [5, 5.41) is 3.01. The molecule has 3 N–H and O–H groups in total. The van der Waals surface area contributed by atoms with E-state index in [0.717, 1.165) is 16.6 Å². The van der Waals surface area contributed by atoms with Crippen LogP contribution in [0.4, 0.5) is 0 Å². The fraction of sp³-hybridized carbons (Fsp3) is 0.333. The molecule has 154 valence electrons. The van der Waals surface area contributed by atoms with E-state index >= 15 is 0 Å². The van der Waals surface area contributed by atoms with E-state index in [2.05, 4.69) is 20.0 Å². The van der Waals surface area contributed by atoms with Crippen LogP contribution in [0, 0.1) is 19.8 Å². The minimum Gasteiger partial charge on any atom is -0.342 e. The third-order valence-corrected chi connectivity index (χ3v) is 6.64. The van der Waals surface area contributed by atoms with Gasteiger partial charge in [0.1, 0.15) is 5.82 Å². The number of sulfonamides is 1. The van der Waals surface area contributed by atoms with E-state index in [0.29, 0.717) is 17.0 Å². The molecule has 3 rings (SSSR count). The van der Waals surface area contributed by atoms with E-state index in [1.807, 2.05) is 38.1 Å². The van der Waals surface area contributed by atoms with E-state index in [9.17, 15) is 13.2 Å². The number of imidazole rings is 1. The summed E-state index contributed by atoms with van der Waals surface area (Å²) in [6, 6.07) is 10.5. The lowest BCUT2D eigenvalue weighted by molar-refractivity contribution is 0.0923. The number of amides is 1. The highest BCUT2D eigenvalue weighted by atomic mass is 32.2. The van der Waals surface area contributed by atoms with E-state index in [1.54, 1.807) is 19.9 Å². The summed E-state index contributed by atoms with van der Waals surface area (Å²) < 4.78 is 27.0. The maximum absolute atomic E-state index is 13.0. The second-order valence-corrected chi connectivity index (χ2v) is 9.31. The fourth-order valence-electron chi connectivity index (χ4n) is 3.24. The molecule has 0 aliphatic heterocycles. The van der Waals surface area contributed by atoms with Gasteiger partial charge in [-0.05, 0) is 62.2 Å². The SMILES string of the molecule is CNS(=O)(=O)c1cc(C(=O)NC(c2nc3ccccc3[nH]2)C(C)C)cc(C)c1C. The first-order valence-electron chi connectivity index (χ1n) is 9.44. The fourth-order valence-corrected chi connectivity index (χ4v) is 4.31. The van der Waals surface area contributed by atoms with Crippen LogP contribution in [0.5, 0.6) is 0 Å². The van der Waals surface area contributed by atoms with Crippen molar-refractivity contribution in [3.63, 3.8) is 0 Å². The van der Waals surface area contributed by atoms with Crippen LogP contribution in [0.25, 0.3) is 11.0 Å². The molecule has 8 heteroatoms. The Balaban J connectivity index is 1.97. The Morgan fingerprint density at radius 1 is 1.14 bits per heavy atom. The molecule has 3 aromatic rings. The number of nitrogens with zero attached hydrogens (tertiary/aromatic N) is 1. The first kappa shape index (κ1) is 21.0. The summed E-state index contributed by atoms with van der Waals surface area (Å²) >= 11 is 0. The average molecular weight is 415 g/mol. The van der Waals surface area contributed by atoms with Gasteiger partial charge in [-0.2, -0.15) is 0 Å². The lowest BCUT2D eigenvalue weighted by Crippen LogP contribution is -2.33. The van der Waals surface area contributed by atoms with Gasteiger partial charge < -0.3 is 10.3 Å². The Labute approximate surface area is 171 Å². The molecule has 1 unspecified atom stereocenters. The maximum Gasteiger partial charge on any atom is 0.251 e. The van der Waals surface area contributed by atoms with Crippen molar-refractivity contribution in [3.8, 4) is 0 Å². The number of hydrogen-bond acceptors (Lipinski definition) is 4. The molecule has 0 fully saturated rings. The van der Waals surface area contributed by atoms with Crippen molar-refractivity contribution in [2.24, 2.45) is 5.92 Å². The zero-order valence-electron chi connectivity index (χ0n) is 17.2. The zero-order valence-corrected chi connectivity index (χ0v) is 18.0. The summed E-state index contributed by atoms with van der Waals surface area (Å²) in [4.78, 5) is 21.0. The minimum atomic E-state index is -3.67. The quantitative estimate of drug-likeness (QED) is 0.576. The number of rotatable bonds is 6. The lowest BCUT2D eigenvalue weighted by Gasteiger charge is -2.21. The van der Waals surface area contributed by atoms with E-state index in [4.69, 9.17) is 0 Å². The largest absolute Gasteiger partial charge is 0.342 e. The number of hydrogen-bond donors (Lipinski definition) is 3. The molecule has 0 spiro atoms. The number of fused-ring (bicyclic) bond motifs is 1. The molecule has 0 aliphatic rings. The maximum atomic E-state index is 13.0. The third-order valence-electron chi connectivity index (χ3n) is 5.10. The molecule has 1 amide bonds. The second kappa shape index (κ2) is 7.96. The number of aryl methyl sites for hydroxylation is 1. The Kier molecular flexibility index (Phi) is 5.77. The van der Waals surface area contributed by atoms with Crippen LogP contribution in [0.15, 0.2) is 41.3 Å². The van der Waals surface area contributed by atoms with Crippen molar-refractivity contribution in [2.45, 2.75) is 38.6 Å². The number of benzene rings is 2. The molecule has 1 aromatic heterocycles. The van der Waals surface area contributed by atoms with Crippen molar-refractivity contribution < 1.29 is 13.2 Å². The van der Waals surface area contributed by atoms with Gasteiger partial charge in [0.05, 0.1) is 22.0 Å². The topological polar surface area (TPSA) is 104 Å². The van der Waals surface area contributed by atoms with Crippen LogP contribution in [0.2, 0.25) is 0 Å². The van der Waals surface area contributed by atoms with Crippen LogP contribution in [0.3, 0.4) is 0 Å². The Morgan fingerprint density at radius 2 is 1.83 bits per heavy atom. The molecule has 0 radical (unpaired) electrons. The van der Waals surface area contributed by atoms with Crippen molar-refractivity contribution in [3.05, 3.63) is 58.9 Å². The molecule has 0 bridgehead atoms. The number of aromatic amines is 1. The van der Waals surface area contributed by atoms with Crippen LogP contribution in [0.1, 0.15) is 47.2 Å². The third kappa shape index (κ3) is 4.18. The van der Waals surface area contributed by atoms with Gasteiger partial charge in [0.25, 0.3) is 5.91 Å². The minimum absolute atomic E-state index is 0.0755. The van der Waals surface area contributed by atoms with E-state index in [1.165, 1.54) is 13.1 Å². The smallest absolute Gasteiger partial charge is 0.251 e. The highest BCUT2D eigenvalue weighted by molar-refractivity contribution is 7.89. The molecular weight excluding hydrogens is 388 g/mol. The van der Waals surface area contributed by atoms with Crippen LogP contribution in [-0.4, -0.2) is 31.3 Å². The molecule has 7 nitrogen and oxygen atoms in total. The predicted octanol–water partition coefficient (Wildman–Crippen LogP) is 3.21. The van der Waals surface area contributed by atoms with Gasteiger partial charge in [-0.3, -0.25) is 4.79 Å². The van der Waals surface area contributed by atoms with E-state index in [-0.39, 0.29) is 22.8 Å². The monoisotopic (exact) mass is 414 g/mol. The summed E-state index contributed by atoms with van der Waals surface area (Å²) in [7, 11) is -2.32.